The lowest BCUT2D eigenvalue weighted by molar-refractivity contribution is 0.164. The normalized spacial score (nSPS) is 19.3. The van der Waals surface area contributed by atoms with Crippen molar-refractivity contribution in [3.63, 3.8) is 0 Å². The van der Waals surface area contributed by atoms with Gasteiger partial charge in [0, 0.05) is 36.3 Å². The van der Waals surface area contributed by atoms with Gasteiger partial charge in [0.25, 0.3) is 0 Å². The van der Waals surface area contributed by atoms with Gasteiger partial charge >= 0.3 is 6.03 Å². The second-order valence-electron chi connectivity index (χ2n) is 7.83. The maximum atomic E-state index is 13.0. The summed E-state index contributed by atoms with van der Waals surface area (Å²) in [7, 11) is 1.65. The Bertz CT molecular complexity index is 1050. The molecule has 2 amide bonds. The Morgan fingerprint density at radius 2 is 1.93 bits per heavy atom. The van der Waals surface area contributed by atoms with Crippen LogP contribution in [0, 0.1) is 0 Å². The number of benzene rings is 2. The van der Waals surface area contributed by atoms with E-state index in [9.17, 15) is 4.79 Å². The van der Waals surface area contributed by atoms with Crippen molar-refractivity contribution < 1.29 is 9.53 Å². The Kier molecular flexibility index (Phi) is 4.83. The predicted octanol–water partition coefficient (Wildman–Crippen LogP) is 4.12. The molecule has 5 rings (SSSR count). The van der Waals surface area contributed by atoms with Crippen molar-refractivity contribution in [2.24, 2.45) is 0 Å². The van der Waals surface area contributed by atoms with E-state index >= 15 is 0 Å². The third-order valence-corrected chi connectivity index (χ3v) is 6.06. The van der Waals surface area contributed by atoms with Crippen molar-refractivity contribution in [3.8, 4) is 17.1 Å². The molecule has 2 aromatic carbocycles. The molecule has 2 unspecified atom stereocenters. The standard InChI is InChI=1S/C24H24N4O2/c1-30-19-10-7-16(8-11-19)14-26-24(29)28-18-9-12-22(28)20-15-25-23(27-21(20)13-18)17-5-3-2-4-6-17/h2-8,10-11,15,18,22H,9,12-14H2,1H3,(H,26,29). The molecular weight excluding hydrogens is 376 g/mol. The number of ether oxygens (including phenoxy) is 1. The van der Waals surface area contributed by atoms with Crippen molar-refractivity contribution in [1.29, 1.82) is 0 Å². The van der Waals surface area contributed by atoms with E-state index in [1.165, 1.54) is 0 Å². The molecule has 152 valence electrons. The van der Waals surface area contributed by atoms with Gasteiger partial charge < -0.3 is 15.0 Å². The Balaban J connectivity index is 1.32. The van der Waals surface area contributed by atoms with Crippen LogP contribution in [0.1, 0.15) is 35.7 Å². The Morgan fingerprint density at radius 1 is 1.13 bits per heavy atom. The third kappa shape index (κ3) is 3.38. The van der Waals surface area contributed by atoms with E-state index in [4.69, 9.17) is 9.72 Å². The van der Waals surface area contributed by atoms with Crippen molar-refractivity contribution in [2.45, 2.75) is 37.9 Å². The zero-order valence-electron chi connectivity index (χ0n) is 16.9. The molecule has 3 heterocycles. The lowest BCUT2D eigenvalue weighted by Gasteiger charge is -2.35. The molecule has 2 aliphatic rings. The first kappa shape index (κ1) is 18.6. The molecule has 3 aromatic rings. The van der Waals surface area contributed by atoms with E-state index in [1.54, 1.807) is 7.11 Å². The number of rotatable bonds is 4. The number of hydrogen-bond donors (Lipinski definition) is 1. The van der Waals surface area contributed by atoms with Crippen LogP contribution >= 0.6 is 0 Å². The number of methoxy groups -OCH3 is 1. The van der Waals surface area contributed by atoms with Gasteiger partial charge in [-0.2, -0.15) is 0 Å². The van der Waals surface area contributed by atoms with E-state index in [0.29, 0.717) is 6.54 Å². The first-order valence-electron chi connectivity index (χ1n) is 10.3. The molecule has 0 radical (unpaired) electrons. The summed E-state index contributed by atoms with van der Waals surface area (Å²) in [5.74, 6) is 1.57. The highest BCUT2D eigenvalue weighted by Gasteiger charge is 2.43. The third-order valence-electron chi connectivity index (χ3n) is 6.06. The number of nitrogens with one attached hydrogen (secondary N) is 1. The molecule has 6 nitrogen and oxygen atoms in total. The van der Waals surface area contributed by atoms with Crippen LogP contribution in [0.25, 0.3) is 11.4 Å². The highest BCUT2D eigenvalue weighted by Crippen LogP contribution is 2.43. The number of carbonyl (C=O) groups excluding carboxylic acids is 1. The molecule has 30 heavy (non-hydrogen) atoms. The smallest absolute Gasteiger partial charge is 0.318 e. The van der Waals surface area contributed by atoms with Gasteiger partial charge in [0.15, 0.2) is 5.82 Å². The summed E-state index contributed by atoms with van der Waals surface area (Å²) in [6.07, 6.45) is 4.66. The van der Waals surface area contributed by atoms with Crippen molar-refractivity contribution >= 4 is 6.03 Å². The number of carbonyl (C=O) groups is 1. The molecule has 1 saturated heterocycles. The van der Waals surface area contributed by atoms with Crippen LogP contribution in [0.15, 0.2) is 60.8 Å². The van der Waals surface area contributed by atoms with E-state index in [2.05, 4.69) is 10.3 Å². The predicted molar refractivity (Wildman–Crippen MR) is 114 cm³/mol. The maximum absolute atomic E-state index is 13.0. The van der Waals surface area contributed by atoms with Crippen LogP contribution in [0.3, 0.4) is 0 Å². The zero-order chi connectivity index (χ0) is 20.5. The Hall–Kier alpha value is -3.41. The molecular formula is C24H24N4O2. The summed E-state index contributed by atoms with van der Waals surface area (Å²) < 4.78 is 5.19. The lowest BCUT2D eigenvalue weighted by Crippen LogP contribution is -2.47. The van der Waals surface area contributed by atoms with E-state index < -0.39 is 0 Å². The summed E-state index contributed by atoms with van der Waals surface area (Å²) in [6, 6.07) is 18.0. The second-order valence-corrected chi connectivity index (χ2v) is 7.83. The number of fused-ring (bicyclic) bond motifs is 4. The fourth-order valence-electron chi connectivity index (χ4n) is 4.53. The number of hydrogen-bond acceptors (Lipinski definition) is 4. The fourth-order valence-corrected chi connectivity index (χ4v) is 4.53. The van der Waals surface area contributed by atoms with Crippen LogP contribution in [-0.4, -0.2) is 34.1 Å². The number of aromatic nitrogens is 2. The highest BCUT2D eigenvalue weighted by atomic mass is 16.5. The summed E-state index contributed by atoms with van der Waals surface area (Å²) in [5.41, 5.74) is 4.23. The van der Waals surface area contributed by atoms with E-state index in [-0.39, 0.29) is 18.1 Å². The van der Waals surface area contributed by atoms with Gasteiger partial charge in [-0.25, -0.2) is 14.8 Å². The molecule has 1 aromatic heterocycles. The average molecular weight is 400 g/mol. The second kappa shape index (κ2) is 7.78. The lowest BCUT2D eigenvalue weighted by atomic mass is 9.99. The SMILES string of the molecule is COc1ccc(CNC(=O)N2C3CCC2c2cnc(-c4ccccc4)nc2C3)cc1. The zero-order valence-corrected chi connectivity index (χ0v) is 16.9. The van der Waals surface area contributed by atoms with Gasteiger partial charge in [-0.1, -0.05) is 42.5 Å². The molecule has 2 bridgehead atoms. The summed E-state index contributed by atoms with van der Waals surface area (Å²) >= 11 is 0. The Labute approximate surface area is 175 Å². The van der Waals surface area contributed by atoms with Gasteiger partial charge in [-0.3, -0.25) is 0 Å². The van der Waals surface area contributed by atoms with Crippen LogP contribution in [-0.2, 0) is 13.0 Å². The molecule has 2 atom stereocenters. The van der Waals surface area contributed by atoms with Gasteiger partial charge in [0.05, 0.1) is 18.8 Å². The molecule has 0 spiro atoms. The number of urea groups is 1. The van der Waals surface area contributed by atoms with Gasteiger partial charge in [0.1, 0.15) is 5.75 Å². The molecule has 6 heteroatoms. The molecule has 0 saturated carbocycles. The number of nitrogens with zero attached hydrogens (tertiary/aromatic N) is 3. The number of amides is 2. The van der Waals surface area contributed by atoms with E-state index in [0.717, 1.165) is 53.2 Å². The molecule has 1 fully saturated rings. The fraction of sp³-hybridized carbons (Fsp3) is 0.292. The molecule has 0 aliphatic carbocycles. The molecule has 1 N–H and O–H groups in total. The minimum Gasteiger partial charge on any atom is -0.497 e. The summed E-state index contributed by atoms with van der Waals surface area (Å²) in [6.45, 7) is 0.495. The maximum Gasteiger partial charge on any atom is 0.318 e. The topological polar surface area (TPSA) is 67.3 Å². The minimum absolute atomic E-state index is 0.0175. The van der Waals surface area contributed by atoms with Gasteiger partial charge in [-0.15, -0.1) is 0 Å². The average Bonchev–Trinajstić information content (AvgIpc) is 3.12. The van der Waals surface area contributed by atoms with E-state index in [1.807, 2.05) is 65.7 Å². The van der Waals surface area contributed by atoms with Crippen molar-refractivity contribution in [1.82, 2.24) is 20.2 Å². The highest BCUT2D eigenvalue weighted by molar-refractivity contribution is 5.76. The largest absolute Gasteiger partial charge is 0.497 e. The van der Waals surface area contributed by atoms with Gasteiger partial charge in [0.2, 0.25) is 0 Å². The first-order chi connectivity index (χ1) is 14.7. The quantitative estimate of drug-likeness (QED) is 0.715. The van der Waals surface area contributed by atoms with Crippen LogP contribution in [0.2, 0.25) is 0 Å². The first-order valence-corrected chi connectivity index (χ1v) is 10.3. The summed E-state index contributed by atoms with van der Waals surface area (Å²) in [4.78, 5) is 24.4. The monoisotopic (exact) mass is 400 g/mol. The van der Waals surface area contributed by atoms with Crippen molar-refractivity contribution in [3.05, 3.63) is 77.6 Å². The van der Waals surface area contributed by atoms with Gasteiger partial charge in [-0.05, 0) is 30.5 Å². The van der Waals surface area contributed by atoms with Crippen molar-refractivity contribution in [2.75, 3.05) is 7.11 Å². The van der Waals surface area contributed by atoms with Crippen LogP contribution in [0.5, 0.6) is 5.75 Å². The molecule has 2 aliphatic heterocycles. The van der Waals surface area contributed by atoms with Crippen LogP contribution in [0.4, 0.5) is 4.79 Å². The summed E-state index contributed by atoms with van der Waals surface area (Å²) in [5, 5.41) is 3.08. The Morgan fingerprint density at radius 3 is 2.70 bits per heavy atom. The minimum atomic E-state index is -0.0175. The van der Waals surface area contributed by atoms with Crippen LogP contribution < -0.4 is 10.1 Å².